The van der Waals surface area contributed by atoms with Crippen LogP contribution in [0, 0.1) is 0 Å². The van der Waals surface area contributed by atoms with Gasteiger partial charge in [-0.2, -0.15) is 0 Å². The molecule has 0 aromatic carbocycles. The minimum Gasteiger partial charge on any atom is -0.478 e. The summed E-state index contributed by atoms with van der Waals surface area (Å²) in [6, 6.07) is 0. The minimum atomic E-state index is -0.950. The van der Waals surface area contributed by atoms with E-state index in [2.05, 4.69) is 0 Å². The van der Waals surface area contributed by atoms with E-state index in [1.165, 1.54) is 13.8 Å². The van der Waals surface area contributed by atoms with Crippen LogP contribution in [0.25, 0.3) is 0 Å². The second kappa shape index (κ2) is 7.62. The molecule has 0 saturated heterocycles. The zero-order valence-electron chi connectivity index (χ0n) is 9.49. The zero-order chi connectivity index (χ0) is 12.6. The molecule has 0 rings (SSSR count). The van der Waals surface area contributed by atoms with Crippen LogP contribution in [-0.4, -0.2) is 29.4 Å². The van der Waals surface area contributed by atoms with Gasteiger partial charge in [-0.25, -0.2) is 4.79 Å². The van der Waals surface area contributed by atoms with Gasteiger partial charge >= 0.3 is 11.9 Å². The molecule has 0 aromatic heterocycles. The van der Waals surface area contributed by atoms with Crippen LogP contribution in [-0.2, 0) is 19.1 Å². The molecule has 16 heavy (non-hydrogen) atoms. The van der Waals surface area contributed by atoms with Crippen LogP contribution >= 0.6 is 0 Å². The molecule has 90 valence electrons. The number of Topliss-reactive ketones (excluding diaryl/α,β-unsaturated/α-hetero) is 1. The summed E-state index contributed by atoms with van der Waals surface area (Å²) in [6.07, 6.45) is 2.45. The van der Waals surface area contributed by atoms with Crippen LogP contribution in [0.15, 0.2) is 11.6 Å². The fraction of sp³-hybridized carbons (Fsp3) is 0.545. The number of carbonyl (C=O) groups excluding carboxylic acids is 2. The number of hydrogen-bond donors (Lipinski definition) is 1. The van der Waals surface area contributed by atoms with Gasteiger partial charge in [0, 0.05) is 5.57 Å². The van der Waals surface area contributed by atoms with Gasteiger partial charge in [0.2, 0.25) is 0 Å². The number of rotatable bonds is 7. The van der Waals surface area contributed by atoms with Gasteiger partial charge in [0.1, 0.15) is 12.2 Å². The fourth-order valence-electron chi connectivity index (χ4n) is 0.930. The molecule has 5 heteroatoms. The Kier molecular flexibility index (Phi) is 6.83. The van der Waals surface area contributed by atoms with Crippen molar-refractivity contribution in [3.05, 3.63) is 11.6 Å². The Morgan fingerprint density at radius 2 is 1.88 bits per heavy atom. The van der Waals surface area contributed by atoms with E-state index in [4.69, 9.17) is 9.84 Å². The first-order valence-electron chi connectivity index (χ1n) is 4.98. The van der Waals surface area contributed by atoms with E-state index in [1.54, 1.807) is 6.08 Å². The van der Waals surface area contributed by atoms with Gasteiger partial charge in [-0.15, -0.1) is 0 Å². The lowest BCUT2D eigenvalue weighted by Gasteiger charge is -2.01. The molecular formula is C11H16O5. The molecule has 0 aliphatic heterocycles. The average Bonchev–Trinajstić information content (AvgIpc) is 2.15. The number of ketones is 1. The topological polar surface area (TPSA) is 80.7 Å². The predicted molar refractivity (Wildman–Crippen MR) is 56.9 cm³/mol. The standard InChI is InChI=1S/C11H16O5/c1-8(11(14)15)5-3-4-6-16-10(13)7-9(2)12/h5H,3-4,6-7H2,1-2H3,(H,14,15). The number of carbonyl (C=O) groups is 3. The highest BCUT2D eigenvalue weighted by Gasteiger charge is 2.05. The molecule has 0 atom stereocenters. The van der Waals surface area contributed by atoms with Crippen molar-refractivity contribution >= 4 is 17.7 Å². The summed E-state index contributed by atoms with van der Waals surface area (Å²) >= 11 is 0. The molecule has 0 aliphatic carbocycles. The Hall–Kier alpha value is -1.65. The predicted octanol–water partition coefficient (Wildman–Crippen LogP) is 1.32. The summed E-state index contributed by atoms with van der Waals surface area (Å²) in [7, 11) is 0. The van der Waals surface area contributed by atoms with Gasteiger partial charge < -0.3 is 9.84 Å². The highest BCUT2D eigenvalue weighted by molar-refractivity contribution is 5.94. The van der Waals surface area contributed by atoms with Gasteiger partial charge in [0.25, 0.3) is 0 Å². The first-order chi connectivity index (χ1) is 7.43. The molecule has 0 aliphatic rings. The van der Waals surface area contributed by atoms with Crippen molar-refractivity contribution in [3.8, 4) is 0 Å². The average molecular weight is 228 g/mol. The number of carboxylic acid groups (broad SMARTS) is 1. The number of unbranched alkanes of at least 4 members (excludes halogenated alkanes) is 1. The molecule has 0 radical (unpaired) electrons. The van der Waals surface area contributed by atoms with Crippen LogP contribution < -0.4 is 0 Å². The van der Waals surface area contributed by atoms with Crippen molar-refractivity contribution in [1.29, 1.82) is 0 Å². The maximum atomic E-state index is 10.9. The van der Waals surface area contributed by atoms with Crippen LogP contribution in [0.2, 0.25) is 0 Å². The third kappa shape index (κ3) is 7.73. The highest BCUT2D eigenvalue weighted by Crippen LogP contribution is 1.99. The molecule has 0 aromatic rings. The Balaban J connectivity index is 3.61. The van der Waals surface area contributed by atoms with E-state index < -0.39 is 11.9 Å². The quantitative estimate of drug-likeness (QED) is 0.307. The maximum Gasteiger partial charge on any atom is 0.330 e. The van der Waals surface area contributed by atoms with Crippen molar-refractivity contribution in [3.63, 3.8) is 0 Å². The second-order valence-corrected chi connectivity index (χ2v) is 3.43. The van der Waals surface area contributed by atoms with E-state index in [0.717, 1.165) is 0 Å². The highest BCUT2D eigenvalue weighted by atomic mass is 16.5. The van der Waals surface area contributed by atoms with Crippen LogP contribution in [0.1, 0.15) is 33.1 Å². The number of esters is 1. The van der Waals surface area contributed by atoms with E-state index in [-0.39, 0.29) is 24.4 Å². The van der Waals surface area contributed by atoms with Gasteiger partial charge in [-0.3, -0.25) is 9.59 Å². The summed E-state index contributed by atoms with van der Waals surface area (Å²) < 4.78 is 4.76. The van der Waals surface area contributed by atoms with Gasteiger partial charge in [-0.1, -0.05) is 6.08 Å². The lowest BCUT2D eigenvalue weighted by Crippen LogP contribution is -2.09. The third-order valence-corrected chi connectivity index (χ3v) is 1.79. The summed E-state index contributed by atoms with van der Waals surface area (Å²) in [6.45, 7) is 3.03. The van der Waals surface area contributed by atoms with Crippen LogP contribution in [0.4, 0.5) is 0 Å². The smallest absolute Gasteiger partial charge is 0.330 e. The van der Waals surface area contributed by atoms with E-state index in [1.807, 2.05) is 0 Å². The first-order valence-corrected chi connectivity index (χ1v) is 4.98. The second-order valence-electron chi connectivity index (χ2n) is 3.43. The van der Waals surface area contributed by atoms with E-state index in [0.29, 0.717) is 12.8 Å². The summed E-state index contributed by atoms with van der Waals surface area (Å²) in [5.74, 6) is -1.72. The number of hydrogen-bond acceptors (Lipinski definition) is 4. The van der Waals surface area contributed by atoms with Crippen molar-refractivity contribution in [2.75, 3.05) is 6.61 Å². The molecular weight excluding hydrogens is 212 g/mol. The Morgan fingerprint density at radius 3 is 2.38 bits per heavy atom. The van der Waals surface area contributed by atoms with Crippen LogP contribution in [0.3, 0.4) is 0 Å². The molecule has 5 nitrogen and oxygen atoms in total. The molecule has 0 unspecified atom stereocenters. The minimum absolute atomic E-state index is 0.204. The van der Waals surface area contributed by atoms with Gasteiger partial charge in [0.15, 0.2) is 0 Å². The molecule has 0 heterocycles. The molecule has 1 N–H and O–H groups in total. The normalized spacial score (nSPS) is 11.0. The Bertz CT molecular complexity index is 303. The monoisotopic (exact) mass is 228 g/mol. The molecule has 0 fully saturated rings. The molecule has 0 saturated carbocycles. The van der Waals surface area contributed by atoms with Crippen molar-refractivity contribution in [2.45, 2.75) is 33.1 Å². The van der Waals surface area contributed by atoms with Crippen LogP contribution in [0.5, 0.6) is 0 Å². The number of ether oxygens (including phenoxy) is 1. The first kappa shape index (κ1) is 14.3. The summed E-state index contributed by atoms with van der Waals surface area (Å²) in [5.41, 5.74) is 0.273. The lowest BCUT2D eigenvalue weighted by atomic mass is 10.2. The number of carboxylic acids is 1. The van der Waals surface area contributed by atoms with Gasteiger partial charge in [0.05, 0.1) is 6.61 Å². The number of allylic oxidation sites excluding steroid dienone is 1. The third-order valence-electron chi connectivity index (χ3n) is 1.79. The van der Waals surface area contributed by atoms with Crippen molar-refractivity contribution in [1.82, 2.24) is 0 Å². The van der Waals surface area contributed by atoms with Crippen molar-refractivity contribution in [2.24, 2.45) is 0 Å². The lowest BCUT2D eigenvalue weighted by molar-refractivity contribution is -0.145. The van der Waals surface area contributed by atoms with Crippen molar-refractivity contribution < 1.29 is 24.2 Å². The molecule has 0 spiro atoms. The number of aliphatic carboxylic acids is 1. The van der Waals surface area contributed by atoms with E-state index >= 15 is 0 Å². The SMILES string of the molecule is CC(=O)CC(=O)OCCCC=C(C)C(=O)O. The largest absolute Gasteiger partial charge is 0.478 e. The molecule has 0 amide bonds. The summed E-state index contributed by atoms with van der Waals surface area (Å²) in [4.78, 5) is 31.8. The van der Waals surface area contributed by atoms with E-state index in [9.17, 15) is 14.4 Å². The Labute approximate surface area is 94.1 Å². The van der Waals surface area contributed by atoms with Gasteiger partial charge in [-0.05, 0) is 26.7 Å². The molecule has 0 bridgehead atoms. The summed E-state index contributed by atoms with van der Waals surface area (Å²) in [5, 5.41) is 8.53. The zero-order valence-corrected chi connectivity index (χ0v) is 9.49. The fourth-order valence-corrected chi connectivity index (χ4v) is 0.930. The maximum absolute atomic E-state index is 10.9. The Morgan fingerprint density at radius 1 is 1.25 bits per heavy atom.